The number of benzene rings is 1. The molecule has 5 rings (SSSR count). The second kappa shape index (κ2) is 12.3. The summed E-state index contributed by atoms with van der Waals surface area (Å²) in [7, 11) is 3.47. The third-order valence-corrected chi connectivity index (χ3v) is 7.16. The normalized spacial score (nSPS) is 16.5. The standard InChI is InChI=1S/C30H32N8O2/c1-37-20-24(19-35-37)23-4-8-26(9-5-23)38(30(39)34-17-21-13-14-32-29(15-21)40-2)27-10-6-25(7-11-27)36-28-12-3-22(16-31)18-33-28/h3-5,8-9,12-15,18-20,25,27H,6-7,10-11,17H2,1-2H3,(H,33,36)(H,34,39)/t25-,27-. The summed E-state index contributed by atoms with van der Waals surface area (Å²) in [4.78, 5) is 24.0. The number of ether oxygens (including phenoxy) is 1. The Kier molecular flexibility index (Phi) is 8.21. The Labute approximate surface area is 233 Å². The van der Waals surface area contributed by atoms with E-state index in [0.29, 0.717) is 18.0 Å². The molecule has 1 aliphatic carbocycles. The van der Waals surface area contributed by atoms with Crippen LogP contribution < -0.4 is 20.3 Å². The van der Waals surface area contributed by atoms with Crippen LogP contribution in [0.1, 0.15) is 36.8 Å². The highest BCUT2D eigenvalue weighted by atomic mass is 16.5. The maximum absolute atomic E-state index is 13.7. The van der Waals surface area contributed by atoms with Crippen molar-refractivity contribution in [3.8, 4) is 23.1 Å². The number of aromatic nitrogens is 4. The van der Waals surface area contributed by atoms with E-state index in [1.54, 1.807) is 30.3 Å². The number of carbonyl (C=O) groups excluding carboxylic acids is 1. The fourth-order valence-corrected chi connectivity index (χ4v) is 5.05. The molecular formula is C30H32N8O2. The molecule has 2 amide bonds. The van der Waals surface area contributed by atoms with Crippen LogP contribution in [0.15, 0.2) is 73.3 Å². The van der Waals surface area contributed by atoms with Crippen molar-refractivity contribution in [2.75, 3.05) is 17.3 Å². The first-order valence-electron chi connectivity index (χ1n) is 13.3. The van der Waals surface area contributed by atoms with Gasteiger partial charge in [-0.2, -0.15) is 10.4 Å². The monoisotopic (exact) mass is 536 g/mol. The quantitative estimate of drug-likeness (QED) is 0.329. The van der Waals surface area contributed by atoms with E-state index in [4.69, 9.17) is 10.00 Å². The highest BCUT2D eigenvalue weighted by Crippen LogP contribution is 2.31. The summed E-state index contributed by atoms with van der Waals surface area (Å²) < 4.78 is 7.00. The Morgan fingerprint density at radius 2 is 1.88 bits per heavy atom. The molecule has 0 saturated heterocycles. The number of urea groups is 1. The molecule has 0 spiro atoms. The lowest BCUT2D eigenvalue weighted by atomic mass is 9.89. The van der Waals surface area contributed by atoms with Crippen LogP contribution in [0.3, 0.4) is 0 Å². The number of carbonyl (C=O) groups is 1. The van der Waals surface area contributed by atoms with Gasteiger partial charge in [-0.1, -0.05) is 12.1 Å². The predicted octanol–water partition coefficient (Wildman–Crippen LogP) is 4.90. The van der Waals surface area contributed by atoms with Gasteiger partial charge in [0.15, 0.2) is 0 Å². The average molecular weight is 537 g/mol. The molecule has 0 unspecified atom stereocenters. The van der Waals surface area contributed by atoms with E-state index in [1.165, 1.54) is 0 Å². The van der Waals surface area contributed by atoms with E-state index in [1.807, 2.05) is 66.8 Å². The summed E-state index contributed by atoms with van der Waals surface area (Å²) in [5, 5.41) is 19.9. The zero-order valence-corrected chi connectivity index (χ0v) is 22.6. The van der Waals surface area contributed by atoms with Crippen LogP contribution in [-0.2, 0) is 13.6 Å². The van der Waals surface area contributed by atoms with Crippen LogP contribution in [0.2, 0.25) is 0 Å². The second-order valence-electron chi connectivity index (χ2n) is 9.88. The van der Waals surface area contributed by atoms with Gasteiger partial charge in [0.1, 0.15) is 11.9 Å². The number of rotatable bonds is 8. The van der Waals surface area contributed by atoms with Gasteiger partial charge in [-0.15, -0.1) is 0 Å². The number of hydrogen-bond acceptors (Lipinski definition) is 7. The molecule has 10 heteroatoms. The van der Waals surface area contributed by atoms with E-state index in [-0.39, 0.29) is 18.1 Å². The first-order chi connectivity index (χ1) is 19.5. The van der Waals surface area contributed by atoms with Crippen LogP contribution >= 0.6 is 0 Å². The van der Waals surface area contributed by atoms with Gasteiger partial charge in [0.2, 0.25) is 5.88 Å². The number of nitrogens with zero attached hydrogens (tertiary/aromatic N) is 6. The lowest BCUT2D eigenvalue weighted by molar-refractivity contribution is 0.240. The van der Waals surface area contributed by atoms with Gasteiger partial charge in [-0.05, 0) is 67.1 Å². The van der Waals surface area contributed by atoms with Crippen molar-refractivity contribution in [2.45, 2.75) is 44.3 Å². The van der Waals surface area contributed by atoms with E-state index in [9.17, 15) is 4.79 Å². The van der Waals surface area contributed by atoms with Crippen LogP contribution in [0.25, 0.3) is 11.1 Å². The molecule has 0 radical (unpaired) electrons. The average Bonchev–Trinajstić information content (AvgIpc) is 3.44. The molecule has 3 aromatic heterocycles. The Hall–Kier alpha value is -4.91. The van der Waals surface area contributed by atoms with Crippen molar-refractivity contribution in [2.24, 2.45) is 7.05 Å². The maximum Gasteiger partial charge on any atom is 0.322 e. The number of hydrogen-bond donors (Lipinski definition) is 2. The summed E-state index contributed by atoms with van der Waals surface area (Å²) >= 11 is 0. The largest absolute Gasteiger partial charge is 0.481 e. The van der Waals surface area contributed by atoms with Gasteiger partial charge in [-0.25, -0.2) is 14.8 Å². The molecule has 204 valence electrons. The molecule has 1 aliphatic rings. The van der Waals surface area contributed by atoms with Gasteiger partial charge in [0.25, 0.3) is 0 Å². The second-order valence-corrected chi connectivity index (χ2v) is 9.88. The van der Waals surface area contributed by atoms with Crippen molar-refractivity contribution in [1.82, 2.24) is 25.1 Å². The smallest absolute Gasteiger partial charge is 0.322 e. The van der Waals surface area contributed by atoms with Crippen molar-refractivity contribution < 1.29 is 9.53 Å². The molecule has 1 aromatic carbocycles. The summed E-state index contributed by atoms with van der Waals surface area (Å²) in [5.41, 5.74) is 4.37. The highest BCUT2D eigenvalue weighted by Gasteiger charge is 2.30. The lowest BCUT2D eigenvalue weighted by Gasteiger charge is -2.37. The number of aryl methyl sites for hydroxylation is 1. The molecule has 0 bridgehead atoms. The number of amides is 2. The van der Waals surface area contributed by atoms with E-state index in [0.717, 1.165) is 53.9 Å². The number of pyridine rings is 2. The highest BCUT2D eigenvalue weighted by molar-refractivity contribution is 5.93. The van der Waals surface area contributed by atoms with Crippen molar-refractivity contribution >= 4 is 17.5 Å². The number of anilines is 2. The fraction of sp³-hybridized carbons (Fsp3) is 0.300. The Balaban J connectivity index is 1.30. The number of nitrogens with one attached hydrogen (secondary N) is 2. The molecule has 0 atom stereocenters. The third kappa shape index (κ3) is 6.38. The van der Waals surface area contributed by atoms with Crippen molar-refractivity contribution in [3.63, 3.8) is 0 Å². The van der Waals surface area contributed by atoms with Crippen molar-refractivity contribution in [3.05, 3.63) is 84.4 Å². The molecule has 3 heterocycles. The minimum atomic E-state index is -0.143. The van der Waals surface area contributed by atoms with Crippen LogP contribution in [-0.4, -0.2) is 45.0 Å². The number of nitriles is 1. The first-order valence-corrected chi connectivity index (χ1v) is 13.3. The lowest BCUT2D eigenvalue weighted by Crippen LogP contribution is -2.48. The molecule has 4 aromatic rings. The van der Waals surface area contributed by atoms with Crippen LogP contribution in [0.5, 0.6) is 5.88 Å². The topological polar surface area (TPSA) is 121 Å². The number of methoxy groups -OCH3 is 1. The summed E-state index contributed by atoms with van der Waals surface area (Å²) in [6.07, 6.45) is 10.5. The van der Waals surface area contributed by atoms with Crippen molar-refractivity contribution in [1.29, 1.82) is 5.26 Å². The van der Waals surface area contributed by atoms with Gasteiger partial charge in [-0.3, -0.25) is 9.58 Å². The van der Waals surface area contributed by atoms with Gasteiger partial charge >= 0.3 is 6.03 Å². The fourth-order valence-electron chi connectivity index (χ4n) is 5.05. The maximum atomic E-state index is 13.7. The molecule has 1 saturated carbocycles. The molecule has 40 heavy (non-hydrogen) atoms. The first kappa shape index (κ1) is 26.7. The summed E-state index contributed by atoms with van der Waals surface area (Å²) in [6.45, 7) is 0.364. The van der Waals surface area contributed by atoms with Gasteiger partial charge in [0.05, 0.1) is 18.9 Å². The Morgan fingerprint density at radius 3 is 2.52 bits per heavy atom. The van der Waals surface area contributed by atoms with Gasteiger partial charge in [0, 0.05) is 61.6 Å². The molecule has 1 fully saturated rings. The third-order valence-electron chi connectivity index (χ3n) is 7.16. The minimum absolute atomic E-state index is 0.0446. The Morgan fingerprint density at radius 1 is 1.07 bits per heavy atom. The molecule has 2 N–H and O–H groups in total. The SMILES string of the molecule is COc1cc(CNC(=O)N(c2ccc(-c3cnn(C)c3)cc2)[C@H]2CC[C@H](Nc3ccc(C#N)cn3)CC2)ccn1. The molecule has 0 aliphatic heterocycles. The van der Waals surface area contributed by atoms with E-state index >= 15 is 0 Å². The van der Waals surface area contributed by atoms with E-state index in [2.05, 4.69) is 31.8 Å². The van der Waals surface area contributed by atoms with Crippen LogP contribution in [0, 0.1) is 11.3 Å². The predicted molar refractivity (Wildman–Crippen MR) is 153 cm³/mol. The Bertz CT molecular complexity index is 1470. The zero-order chi connectivity index (χ0) is 27.9. The zero-order valence-electron chi connectivity index (χ0n) is 22.6. The molecule has 10 nitrogen and oxygen atoms in total. The summed E-state index contributed by atoms with van der Waals surface area (Å²) in [6, 6.07) is 17.6. The van der Waals surface area contributed by atoms with Gasteiger partial charge < -0.3 is 15.4 Å². The van der Waals surface area contributed by atoms with E-state index < -0.39 is 0 Å². The van der Waals surface area contributed by atoms with Crippen LogP contribution in [0.4, 0.5) is 16.3 Å². The summed E-state index contributed by atoms with van der Waals surface area (Å²) in [5.74, 6) is 1.27. The minimum Gasteiger partial charge on any atom is -0.481 e. The molecular weight excluding hydrogens is 504 g/mol.